The van der Waals surface area contributed by atoms with Gasteiger partial charge in [-0.05, 0) is 41.8 Å². The Balaban J connectivity index is 1.32. The molecular weight excluding hydrogens is 485 g/mol. The summed E-state index contributed by atoms with van der Waals surface area (Å²) in [7, 11) is 3.91. The molecule has 0 amide bonds. The molecule has 5 rings (SSSR count). The predicted molar refractivity (Wildman–Crippen MR) is 145 cm³/mol. The first kappa shape index (κ1) is 25.3. The molecule has 4 aromatic rings. The van der Waals surface area contributed by atoms with Crippen molar-refractivity contribution in [1.82, 2.24) is 25.4 Å². The van der Waals surface area contributed by atoms with Gasteiger partial charge in [0.15, 0.2) is 17.7 Å². The summed E-state index contributed by atoms with van der Waals surface area (Å²) in [6, 6.07) is 10.7. The Hall–Kier alpha value is -4.34. The van der Waals surface area contributed by atoms with E-state index in [9.17, 15) is 4.79 Å². The molecule has 1 unspecified atom stereocenters. The Morgan fingerprint density at radius 1 is 1.13 bits per heavy atom. The summed E-state index contributed by atoms with van der Waals surface area (Å²) in [6.45, 7) is 5.97. The number of H-pyrrole nitrogens is 1. The minimum atomic E-state index is -0.388. The molecule has 0 spiro atoms. The average Bonchev–Trinajstić information content (AvgIpc) is 3.56. The molecule has 0 bridgehead atoms. The molecule has 0 radical (unpaired) electrons. The van der Waals surface area contributed by atoms with Crippen molar-refractivity contribution in [1.29, 1.82) is 0 Å². The fourth-order valence-corrected chi connectivity index (χ4v) is 4.12. The number of carbonyl (C=O) groups excluding carboxylic acids is 1. The molecule has 1 atom stereocenters. The maximum atomic E-state index is 15.1. The van der Waals surface area contributed by atoms with E-state index in [0.29, 0.717) is 33.8 Å². The maximum Gasteiger partial charge on any atom is 0.276 e. The molecule has 0 fully saturated rings. The second kappa shape index (κ2) is 9.85. The average molecular weight is 516 g/mol. The summed E-state index contributed by atoms with van der Waals surface area (Å²) in [5.41, 5.74) is 7.41. The first-order chi connectivity index (χ1) is 18.1. The summed E-state index contributed by atoms with van der Waals surface area (Å²) in [5, 5.41) is 4.02. The Morgan fingerprint density at radius 2 is 1.95 bits per heavy atom. The zero-order chi connectivity index (χ0) is 27.0. The zero-order valence-electron chi connectivity index (χ0n) is 22.0. The highest BCUT2D eigenvalue weighted by Gasteiger charge is 2.33. The van der Waals surface area contributed by atoms with Crippen LogP contribution in [-0.2, 0) is 16.0 Å². The SMILES string of the molecule is CN(C)c1ccc(-c2nc3nccc(-c4ccc(CCC(=O)C5=NNC(C(C)(C)C)O5)c(F)c4)c3[nH]2)nc1. The number of ether oxygens (including phenoxy) is 1. The van der Waals surface area contributed by atoms with Crippen LogP contribution in [0.25, 0.3) is 33.8 Å². The summed E-state index contributed by atoms with van der Waals surface area (Å²) >= 11 is 0. The van der Waals surface area contributed by atoms with Gasteiger partial charge in [0.1, 0.15) is 11.5 Å². The summed E-state index contributed by atoms with van der Waals surface area (Å²) in [5.74, 6) is -0.0233. The molecule has 38 heavy (non-hydrogen) atoms. The third-order valence-electron chi connectivity index (χ3n) is 6.42. The highest BCUT2D eigenvalue weighted by molar-refractivity contribution is 6.36. The highest BCUT2D eigenvalue weighted by atomic mass is 19.1. The van der Waals surface area contributed by atoms with Crippen LogP contribution in [0.5, 0.6) is 0 Å². The first-order valence-corrected chi connectivity index (χ1v) is 12.4. The number of aromatic nitrogens is 4. The van der Waals surface area contributed by atoms with Crippen LogP contribution in [0.2, 0.25) is 0 Å². The molecule has 10 heteroatoms. The monoisotopic (exact) mass is 515 g/mol. The van der Waals surface area contributed by atoms with Gasteiger partial charge in [-0.15, -0.1) is 5.10 Å². The Morgan fingerprint density at radius 3 is 2.61 bits per heavy atom. The largest absolute Gasteiger partial charge is 0.448 e. The van der Waals surface area contributed by atoms with Crippen LogP contribution >= 0.6 is 0 Å². The second-order valence-corrected chi connectivity index (χ2v) is 10.6. The number of Topliss-reactive ketones (excluding diaryl/α,β-unsaturated/α-hetero) is 1. The molecule has 0 saturated heterocycles. The molecule has 0 aliphatic carbocycles. The molecule has 3 aromatic heterocycles. The summed E-state index contributed by atoms with van der Waals surface area (Å²) in [6.07, 6.45) is 3.39. The molecule has 196 valence electrons. The van der Waals surface area contributed by atoms with Crippen LogP contribution in [0.1, 0.15) is 32.8 Å². The number of carbonyl (C=O) groups is 1. The number of anilines is 1. The number of benzene rings is 1. The fourth-order valence-electron chi connectivity index (χ4n) is 4.12. The van der Waals surface area contributed by atoms with Crippen LogP contribution in [0.3, 0.4) is 0 Å². The first-order valence-electron chi connectivity index (χ1n) is 12.4. The van der Waals surface area contributed by atoms with E-state index >= 15 is 4.39 Å². The van der Waals surface area contributed by atoms with Gasteiger partial charge in [0.25, 0.3) is 5.90 Å². The van der Waals surface area contributed by atoms with Crippen molar-refractivity contribution < 1.29 is 13.9 Å². The van der Waals surface area contributed by atoms with Gasteiger partial charge >= 0.3 is 0 Å². The molecule has 4 heterocycles. The number of nitrogens with one attached hydrogen (secondary N) is 2. The maximum absolute atomic E-state index is 15.1. The number of ketones is 1. The molecular formula is C28H30FN7O2. The van der Waals surface area contributed by atoms with Crippen molar-refractivity contribution in [3.05, 3.63) is 60.2 Å². The van der Waals surface area contributed by atoms with E-state index in [1.54, 1.807) is 18.5 Å². The lowest BCUT2D eigenvalue weighted by molar-refractivity contribution is -0.114. The number of halogens is 1. The Labute approximate surface area is 220 Å². The molecule has 9 nitrogen and oxygen atoms in total. The summed E-state index contributed by atoms with van der Waals surface area (Å²) in [4.78, 5) is 31.3. The Kier molecular flexibility index (Phi) is 6.56. The van der Waals surface area contributed by atoms with Crippen molar-refractivity contribution in [2.75, 3.05) is 19.0 Å². The van der Waals surface area contributed by atoms with Crippen LogP contribution in [0, 0.1) is 11.2 Å². The quantitative estimate of drug-likeness (QED) is 0.367. The van der Waals surface area contributed by atoms with E-state index in [2.05, 4.69) is 30.5 Å². The number of fused-ring (bicyclic) bond motifs is 1. The van der Waals surface area contributed by atoms with Crippen molar-refractivity contribution in [3.63, 3.8) is 0 Å². The molecule has 2 N–H and O–H groups in total. The van der Waals surface area contributed by atoms with Gasteiger partial charge < -0.3 is 14.6 Å². The van der Waals surface area contributed by atoms with E-state index < -0.39 is 0 Å². The lowest BCUT2D eigenvalue weighted by Gasteiger charge is -2.25. The van der Waals surface area contributed by atoms with Crippen LogP contribution in [0.4, 0.5) is 10.1 Å². The van der Waals surface area contributed by atoms with Gasteiger partial charge in [0.05, 0.1) is 17.4 Å². The Bertz CT molecular complexity index is 1520. The van der Waals surface area contributed by atoms with E-state index in [0.717, 1.165) is 11.3 Å². The number of imidazole rings is 1. The van der Waals surface area contributed by atoms with Crippen molar-refractivity contribution in [2.45, 2.75) is 39.8 Å². The van der Waals surface area contributed by atoms with Crippen molar-refractivity contribution in [3.8, 4) is 22.6 Å². The number of nitrogens with zero attached hydrogens (tertiary/aromatic N) is 5. The molecule has 1 aliphatic heterocycles. The van der Waals surface area contributed by atoms with E-state index in [4.69, 9.17) is 4.74 Å². The zero-order valence-corrected chi connectivity index (χ0v) is 22.0. The van der Waals surface area contributed by atoms with Crippen LogP contribution < -0.4 is 10.3 Å². The van der Waals surface area contributed by atoms with Gasteiger partial charge in [-0.3, -0.25) is 15.2 Å². The van der Waals surface area contributed by atoms with Crippen molar-refractivity contribution in [2.24, 2.45) is 10.5 Å². The van der Waals surface area contributed by atoms with E-state index in [1.165, 1.54) is 6.07 Å². The second-order valence-electron chi connectivity index (χ2n) is 10.6. The fraction of sp³-hybridized carbons (Fsp3) is 0.321. The van der Waals surface area contributed by atoms with Gasteiger partial charge in [0.2, 0.25) is 5.78 Å². The number of hydrazone groups is 1. The van der Waals surface area contributed by atoms with Gasteiger partial charge in [-0.2, -0.15) is 0 Å². The van der Waals surface area contributed by atoms with Crippen LogP contribution in [0.15, 0.2) is 53.9 Å². The van der Waals surface area contributed by atoms with Crippen molar-refractivity contribution >= 4 is 28.5 Å². The number of hydrogen-bond donors (Lipinski definition) is 2. The van der Waals surface area contributed by atoms with Gasteiger partial charge in [0, 0.05) is 37.7 Å². The lowest BCUT2D eigenvalue weighted by Crippen LogP contribution is -2.36. The number of pyridine rings is 2. The summed E-state index contributed by atoms with van der Waals surface area (Å²) < 4.78 is 20.8. The third kappa shape index (κ3) is 5.06. The molecule has 1 aromatic carbocycles. The minimum Gasteiger partial charge on any atom is -0.448 e. The smallest absolute Gasteiger partial charge is 0.276 e. The van der Waals surface area contributed by atoms with Crippen LogP contribution in [-0.4, -0.2) is 51.9 Å². The molecule has 0 saturated carbocycles. The topological polar surface area (TPSA) is 108 Å². The van der Waals surface area contributed by atoms with Gasteiger partial charge in [-0.1, -0.05) is 32.9 Å². The number of rotatable bonds is 7. The van der Waals surface area contributed by atoms with E-state index in [1.807, 2.05) is 64.0 Å². The number of hydrogen-bond acceptors (Lipinski definition) is 8. The molecule has 1 aliphatic rings. The standard InChI is InChI=1S/C28H30FN7O2/c1-28(2,3)27-35-34-26(38-27)22(37)11-8-16-6-7-17(14-20(16)29)19-12-13-30-25-23(19)32-24(33-25)21-10-9-18(15-31-21)36(4)5/h6-7,9-10,12-15,27,35H,8,11H2,1-5H3,(H,30,32,33). The lowest BCUT2D eigenvalue weighted by atomic mass is 9.95. The normalized spacial score (nSPS) is 15.2. The highest BCUT2D eigenvalue weighted by Crippen LogP contribution is 2.30. The van der Waals surface area contributed by atoms with E-state index in [-0.39, 0.29) is 42.0 Å². The number of aryl methyl sites for hydroxylation is 1. The van der Waals surface area contributed by atoms with Gasteiger partial charge in [-0.25, -0.2) is 14.4 Å². The number of aromatic amines is 1. The predicted octanol–water partition coefficient (Wildman–Crippen LogP) is 4.70. The third-order valence-corrected chi connectivity index (χ3v) is 6.42. The minimum absolute atomic E-state index is 0.0435.